The van der Waals surface area contributed by atoms with Gasteiger partial charge >= 0.3 is 0 Å². The normalized spacial score (nSPS) is 16.2. The predicted octanol–water partition coefficient (Wildman–Crippen LogP) is 3.03. The van der Waals surface area contributed by atoms with Gasteiger partial charge in [-0.25, -0.2) is 9.97 Å². The smallest absolute Gasteiger partial charge is 0.271 e. The molecule has 0 spiro atoms. The van der Waals surface area contributed by atoms with E-state index in [1.165, 1.54) is 12.6 Å². The molecule has 1 aromatic heterocycles. The number of aliphatic hydroxyl groups is 1. The first kappa shape index (κ1) is 22.4. The highest BCUT2D eigenvalue weighted by molar-refractivity contribution is 5.92. The summed E-state index contributed by atoms with van der Waals surface area (Å²) in [5.74, 6) is 1.16. The maximum absolute atomic E-state index is 12.6. The predicted molar refractivity (Wildman–Crippen MR) is 111 cm³/mol. The number of carbonyl (C=O) groups excluding carboxylic acids is 1. The summed E-state index contributed by atoms with van der Waals surface area (Å²) in [6, 6.07) is -0.296. The quantitative estimate of drug-likeness (QED) is 0.707. The number of aliphatic hydroxyl groups excluding tert-OH is 1. The molecule has 0 bridgehead atoms. The summed E-state index contributed by atoms with van der Waals surface area (Å²) >= 11 is 0. The zero-order valence-corrected chi connectivity index (χ0v) is 18.0. The van der Waals surface area contributed by atoms with Gasteiger partial charge in [0.2, 0.25) is 0 Å². The summed E-state index contributed by atoms with van der Waals surface area (Å²) in [5, 5.41) is 12.4. The zero-order valence-electron chi connectivity index (χ0n) is 18.0. The van der Waals surface area contributed by atoms with Crippen molar-refractivity contribution in [2.45, 2.75) is 66.3 Å². The van der Waals surface area contributed by atoms with E-state index in [4.69, 9.17) is 4.74 Å². The molecule has 7 nitrogen and oxygen atoms in total. The first-order valence-electron chi connectivity index (χ1n) is 10.4. The lowest BCUT2D eigenvalue weighted by atomic mass is 9.99. The van der Waals surface area contributed by atoms with E-state index in [1.807, 2.05) is 0 Å². The maximum atomic E-state index is 12.6. The minimum absolute atomic E-state index is 0.0294. The van der Waals surface area contributed by atoms with Crippen LogP contribution in [0.3, 0.4) is 0 Å². The molecule has 2 heterocycles. The van der Waals surface area contributed by atoms with Crippen LogP contribution in [-0.2, 0) is 0 Å². The van der Waals surface area contributed by atoms with Crippen LogP contribution in [0.15, 0.2) is 6.20 Å². The van der Waals surface area contributed by atoms with Crippen molar-refractivity contribution in [1.29, 1.82) is 0 Å². The fourth-order valence-electron chi connectivity index (χ4n) is 3.19. The third-order valence-corrected chi connectivity index (χ3v) is 4.56. The molecule has 1 aliphatic rings. The second-order valence-corrected chi connectivity index (χ2v) is 9.26. The molecule has 2 N–H and O–H groups in total. The van der Waals surface area contributed by atoms with Gasteiger partial charge in [-0.15, -0.1) is 0 Å². The van der Waals surface area contributed by atoms with Gasteiger partial charge in [0.1, 0.15) is 0 Å². The van der Waals surface area contributed by atoms with Crippen molar-refractivity contribution in [3.63, 3.8) is 0 Å². The average Bonchev–Trinajstić information content (AvgIpc) is 2.65. The van der Waals surface area contributed by atoms with Crippen LogP contribution in [-0.4, -0.2) is 53.3 Å². The average molecular weight is 393 g/mol. The lowest BCUT2D eigenvalue weighted by molar-refractivity contribution is 0.0901. The summed E-state index contributed by atoms with van der Waals surface area (Å²) in [7, 11) is 0. The molecule has 0 unspecified atom stereocenters. The molecule has 1 saturated heterocycles. The molecule has 1 aromatic rings. The largest absolute Gasteiger partial charge is 0.474 e. The van der Waals surface area contributed by atoms with Crippen LogP contribution in [0, 0.1) is 11.3 Å². The molecule has 0 saturated carbocycles. The van der Waals surface area contributed by atoms with Gasteiger partial charge in [0.15, 0.2) is 11.5 Å². The van der Waals surface area contributed by atoms with Crippen molar-refractivity contribution in [2.75, 3.05) is 31.2 Å². The Morgan fingerprint density at radius 3 is 2.54 bits per heavy atom. The van der Waals surface area contributed by atoms with Crippen molar-refractivity contribution in [3.8, 4) is 5.88 Å². The molecule has 2 rings (SSSR count). The Kier molecular flexibility index (Phi) is 8.04. The van der Waals surface area contributed by atoms with Gasteiger partial charge in [-0.05, 0) is 37.0 Å². The van der Waals surface area contributed by atoms with Crippen molar-refractivity contribution in [3.05, 3.63) is 11.9 Å². The molecule has 1 aliphatic heterocycles. The first-order chi connectivity index (χ1) is 13.2. The molecule has 0 radical (unpaired) electrons. The maximum Gasteiger partial charge on any atom is 0.271 e. The summed E-state index contributed by atoms with van der Waals surface area (Å²) < 4.78 is 6.00. The highest BCUT2D eigenvalue weighted by Gasteiger charge is 2.23. The van der Waals surface area contributed by atoms with Crippen molar-refractivity contribution < 1.29 is 14.6 Å². The van der Waals surface area contributed by atoms with E-state index in [1.54, 1.807) is 0 Å². The summed E-state index contributed by atoms with van der Waals surface area (Å²) in [6.07, 6.45) is 5.68. The molecular formula is C21H36N4O3. The molecule has 1 fully saturated rings. The Balaban J connectivity index is 2.21. The minimum Gasteiger partial charge on any atom is -0.474 e. The van der Waals surface area contributed by atoms with Crippen molar-refractivity contribution in [1.82, 2.24) is 15.3 Å². The standard InChI is InChI=1S/C21H36N4O3/c1-15(2)11-16(13-26)23-19(27)17-12-22-18(25-9-7-6-8-10-25)20(24-17)28-14-21(3,4)5/h12,15-16,26H,6-11,13-14H2,1-5H3,(H,23,27)/t16-/m0/s1. The molecule has 0 aliphatic carbocycles. The number of ether oxygens (including phenoxy) is 1. The number of nitrogens with one attached hydrogen (secondary N) is 1. The van der Waals surface area contributed by atoms with E-state index >= 15 is 0 Å². The van der Waals surface area contributed by atoms with E-state index in [9.17, 15) is 9.90 Å². The van der Waals surface area contributed by atoms with E-state index < -0.39 is 0 Å². The van der Waals surface area contributed by atoms with Crippen LogP contribution in [0.25, 0.3) is 0 Å². The Morgan fingerprint density at radius 2 is 1.96 bits per heavy atom. The van der Waals surface area contributed by atoms with Crippen LogP contribution in [0.4, 0.5) is 5.82 Å². The Bertz CT molecular complexity index is 637. The first-order valence-corrected chi connectivity index (χ1v) is 10.4. The number of carbonyl (C=O) groups is 1. The Hall–Kier alpha value is -1.89. The number of nitrogens with zero attached hydrogens (tertiary/aromatic N) is 3. The van der Waals surface area contributed by atoms with Crippen LogP contribution >= 0.6 is 0 Å². The lowest BCUT2D eigenvalue weighted by Gasteiger charge is -2.29. The van der Waals surface area contributed by atoms with Crippen LogP contribution in [0.5, 0.6) is 5.88 Å². The molecule has 0 aromatic carbocycles. The third-order valence-electron chi connectivity index (χ3n) is 4.56. The second kappa shape index (κ2) is 10.0. The molecule has 28 heavy (non-hydrogen) atoms. The SMILES string of the molecule is CC(C)C[C@@H](CO)NC(=O)c1cnc(N2CCCCC2)c(OCC(C)(C)C)n1. The fraction of sp³-hybridized carbons (Fsp3) is 0.762. The highest BCUT2D eigenvalue weighted by Crippen LogP contribution is 2.28. The van der Waals surface area contributed by atoms with Crippen molar-refractivity contribution in [2.24, 2.45) is 11.3 Å². The van der Waals surface area contributed by atoms with Gasteiger partial charge in [0, 0.05) is 13.1 Å². The van der Waals surface area contributed by atoms with E-state index in [0.29, 0.717) is 30.6 Å². The number of anilines is 1. The fourth-order valence-corrected chi connectivity index (χ4v) is 3.19. The number of amides is 1. The highest BCUT2D eigenvalue weighted by atomic mass is 16.5. The van der Waals surface area contributed by atoms with Gasteiger partial charge in [-0.1, -0.05) is 34.6 Å². The summed E-state index contributed by atoms with van der Waals surface area (Å²) in [6.45, 7) is 12.6. The van der Waals surface area contributed by atoms with E-state index in [2.05, 4.69) is 54.8 Å². The molecule has 1 amide bonds. The Morgan fingerprint density at radius 1 is 1.29 bits per heavy atom. The monoisotopic (exact) mass is 392 g/mol. The Labute approximate surface area is 168 Å². The number of hydrogen-bond donors (Lipinski definition) is 2. The molecular weight excluding hydrogens is 356 g/mol. The second-order valence-electron chi connectivity index (χ2n) is 9.26. The lowest BCUT2D eigenvalue weighted by Crippen LogP contribution is -2.39. The van der Waals surface area contributed by atoms with Crippen LogP contribution in [0.2, 0.25) is 0 Å². The molecule has 7 heteroatoms. The van der Waals surface area contributed by atoms with Gasteiger partial charge in [0.25, 0.3) is 11.8 Å². The molecule has 1 atom stereocenters. The van der Waals surface area contributed by atoms with Crippen molar-refractivity contribution >= 4 is 11.7 Å². The molecule has 158 valence electrons. The van der Waals surface area contributed by atoms with E-state index in [-0.39, 0.29) is 29.7 Å². The minimum atomic E-state index is -0.335. The summed E-state index contributed by atoms with van der Waals surface area (Å²) in [4.78, 5) is 23.9. The zero-order chi connectivity index (χ0) is 20.7. The van der Waals surface area contributed by atoms with Gasteiger partial charge in [-0.3, -0.25) is 4.79 Å². The number of rotatable bonds is 8. The van der Waals surface area contributed by atoms with Gasteiger partial charge in [-0.2, -0.15) is 0 Å². The number of aromatic nitrogens is 2. The van der Waals surface area contributed by atoms with Gasteiger partial charge < -0.3 is 20.1 Å². The summed E-state index contributed by atoms with van der Waals surface area (Å²) in [5.41, 5.74) is 0.185. The number of piperidine rings is 1. The van der Waals surface area contributed by atoms with Crippen LogP contribution < -0.4 is 15.0 Å². The van der Waals surface area contributed by atoms with E-state index in [0.717, 1.165) is 25.9 Å². The third kappa shape index (κ3) is 6.93. The number of hydrogen-bond acceptors (Lipinski definition) is 6. The van der Waals surface area contributed by atoms with Crippen LogP contribution in [0.1, 0.15) is 70.8 Å². The van der Waals surface area contributed by atoms with Gasteiger partial charge in [0.05, 0.1) is 25.5 Å². The topological polar surface area (TPSA) is 87.6 Å².